The molecule has 0 spiro atoms. The molecule has 1 atom stereocenters. The lowest BCUT2D eigenvalue weighted by atomic mass is 9.99. The Kier molecular flexibility index (Phi) is 6.04. The maximum absolute atomic E-state index is 5.95. The van der Waals surface area contributed by atoms with Crippen molar-refractivity contribution in [1.29, 1.82) is 0 Å². The summed E-state index contributed by atoms with van der Waals surface area (Å²) in [6, 6.07) is 2.11. The van der Waals surface area contributed by atoms with E-state index in [1.54, 1.807) is 0 Å². The Labute approximate surface area is 132 Å². The Morgan fingerprint density at radius 3 is 2.81 bits per heavy atom. The SMILES string of the molecule is CCCCC(CC)Cn1c(CCCl)nc2cc(C)cnc21. The average Bonchev–Trinajstić information content (AvgIpc) is 2.80. The summed E-state index contributed by atoms with van der Waals surface area (Å²) in [5.74, 6) is 2.38. The molecule has 0 radical (unpaired) electrons. The van der Waals surface area contributed by atoms with Crippen molar-refractivity contribution in [1.82, 2.24) is 14.5 Å². The second-order valence-corrected chi connectivity index (χ2v) is 6.23. The smallest absolute Gasteiger partial charge is 0.160 e. The fraction of sp³-hybridized carbons (Fsp3) is 0.647. The monoisotopic (exact) mass is 307 g/mol. The molecule has 0 amide bonds. The number of aryl methyl sites for hydroxylation is 2. The van der Waals surface area contributed by atoms with E-state index >= 15 is 0 Å². The lowest BCUT2D eigenvalue weighted by Crippen LogP contribution is -2.13. The number of nitrogens with zero attached hydrogens (tertiary/aromatic N) is 3. The van der Waals surface area contributed by atoms with Crippen LogP contribution in [-0.2, 0) is 13.0 Å². The number of unbranched alkanes of at least 4 members (excludes halogenated alkanes) is 1. The van der Waals surface area contributed by atoms with E-state index < -0.39 is 0 Å². The van der Waals surface area contributed by atoms with Gasteiger partial charge in [-0.2, -0.15) is 0 Å². The van der Waals surface area contributed by atoms with Crippen molar-refractivity contribution in [3.05, 3.63) is 23.7 Å². The van der Waals surface area contributed by atoms with E-state index in [2.05, 4.69) is 36.4 Å². The van der Waals surface area contributed by atoms with Gasteiger partial charge in [-0.05, 0) is 30.9 Å². The topological polar surface area (TPSA) is 30.7 Å². The fourth-order valence-corrected chi connectivity index (χ4v) is 2.97. The normalized spacial score (nSPS) is 13.0. The number of hydrogen-bond donors (Lipinski definition) is 0. The summed E-state index contributed by atoms with van der Waals surface area (Å²) in [5.41, 5.74) is 3.17. The third kappa shape index (κ3) is 3.97. The van der Waals surface area contributed by atoms with Gasteiger partial charge in [-0.3, -0.25) is 0 Å². The molecule has 1 unspecified atom stereocenters. The minimum atomic E-state index is 0.605. The van der Waals surface area contributed by atoms with Crippen LogP contribution in [0.3, 0.4) is 0 Å². The molecule has 0 saturated carbocycles. The van der Waals surface area contributed by atoms with E-state index in [0.717, 1.165) is 35.5 Å². The van der Waals surface area contributed by atoms with Gasteiger partial charge in [-0.25, -0.2) is 9.97 Å². The van der Waals surface area contributed by atoms with Crippen LogP contribution < -0.4 is 0 Å². The van der Waals surface area contributed by atoms with Crippen LogP contribution in [0.25, 0.3) is 11.2 Å². The molecule has 0 aliphatic rings. The number of imidazole rings is 1. The molecular weight excluding hydrogens is 282 g/mol. The first-order valence-corrected chi connectivity index (χ1v) is 8.60. The van der Waals surface area contributed by atoms with Crippen LogP contribution in [0.15, 0.2) is 12.3 Å². The number of pyridine rings is 1. The molecule has 0 aliphatic heterocycles. The highest BCUT2D eigenvalue weighted by atomic mass is 35.5. The summed E-state index contributed by atoms with van der Waals surface area (Å²) in [6.45, 7) is 7.60. The first kappa shape index (κ1) is 16.3. The minimum Gasteiger partial charge on any atom is -0.312 e. The summed E-state index contributed by atoms with van der Waals surface area (Å²) in [6.07, 6.45) is 7.76. The van der Waals surface area contributed by atoms with Crippen LogP contribution in [-0.4, -0.2) is 20.4 Å². The van der Waals surface area contributed by atoms with E-state index in [9.17, 15) is 0 Å². The van der Waals surface area contributed by atoms with Gasteiger partial charge in [0, 0.05) is 25.0 Å². The molecule has 2 rings (SSSR count). The maximum atomic E-state index is 5.95. The largest absolute Gasteiger partial charge is 0.312 e. The number of alkyl halides is 1. The van der Waals surface area contributed by atoms with Crippen molar-refractivity contribution in [2.75, 3.05) is 5.88 Å². The van der Waals surface area contributed by atoms with E-state index in [4.69, 9.17) is 16.6 Å². The summed E-state index contributed by atoms with van der Waals surface area (Å²) in [5, 5.41) is 0. The molecule has 3 nitrogen and oxygen atoms in total. The number of aromatic nitrogens is 3. The van der Waals surface area contributed by atoms with Crippen LogP contribution in [0.5, 0.6) is 0 Å². The second-order valence-electron chi connectivity index (χ2n) is 5.85. The van der Waals surface area contributed by atoms with Gasteiger partial charge in [0.05, 0.1) is 0 Å². The van der Waals surface area contributed by atoms with E-state index in [0.29, 0.717) is 11.8 Å². The maximum Gasteiger partial charge on any atom is 0.160 e. The minimum absolute atomic E-state index is 0.605. The average molecular weight is 308 g/mol. The molecule has 2 aromatic heterocycles. The molecular formula is C17H26ClN3. The first-order valence-electron chi connectivity index (χ1n) is 8.07. The molecule has 0 bridgehead atoms. The van der Waals surface area contributed by atoms with Gasteiger partial charge < -0.3 is 4.57 Å². The Balaban J connectivity index is 2.32. The van der Waals surface area contributed by atoms with E-state index in [-0.39, 0.29) is 0 Å². The van der Waals surface area contributed by atoms with Gasteiger partial charge >= 0.3 is 0 Å². The molecule has 116 valence electrons. The molecule has 0 aromatic carbocycles. The predicted molar refractivity (Wildman–Crippen MR) is 90.0 cm³/mol. The Bertz CT molecular complexity index is 577. The summed E-state index contributed by atoms with van der Waals surface area (Å²) < 4.78 is 2.29. The van der Waals surface area contributed by atoms with E-state index in [1.807, 2.05) is 6.20 Å². The highest BCUT2D eigenvalue weighted by molar-refractivity contribution is 6.17. The van der Waals surface area contributed by atoms with Crippen LogP contribution in [0.1, 0.15) is 50.9 Å². The third-order valence-electron chi connectivity index (χ3n) is 4.10. The molecule has 0 aliphatic carbocycles. The molecule has 4 heteroatoms. The Hall–Kier alpha value is -1.09. The van der Waals surface area contributed by atoms with Crippen molar-refractivity contribution < 1.29 is 0 Å². The van der Waals surface area contributed by atoms with Crippen LogP contribution in [0, 0.1) is 12.8 Å². The molecule has 2 aromatic rings. The first-order chi connectivity index (χ1) is 10.2. The lowest BCUT2D eigenvalue weighted by molar-refractivity contribution is 0.389. The fourth-order valence-electron chi connectivity index (χ4n) is 2.80. The molecule has 0 saturated heterocycles. The molecule has 0 N–H and O–H groups in total. The van der Waals surface area contributed by atoms with Gasteiger partial charge in [-0.1, -0.05) is 33.1 Å². The number of halogens is 1. The van der Waals surface area contributed by atoms with Crippen molar-refractivity contribution in [3.8, 4) is 0 Å². The Morgan fingerprint density at radius 2 is 2.14 bits per heavy atom. The number of rotatable bonds is 8. The summed E-state index contributed by atoms with van der Waals surface area (Å²) in [7, 11) is 0. The van der Waals surface area contributed by atoms with Gasteiger partial charge in [-0.15, -0.1) is 11.6 Å². The summed E-state index contributed by atoms with van der Waals surface area (Å²) >= 11 is 5.95. The zero-order chi connectivity index (χ0) is 15.2. The number of fused-ring (bicyclic) bond motifs is 1. The molecule has 2 heterocycles. The highest BCUT2D eigenvalue weighted by Crippen LogP contribution is 2.21. The number of hydrogen-bond acceptors (Lipinski definition) is 2. The van der Waals surface area contributed by atoms with Gasteiger partial charge in [0.2, 0.25) is 0 Å². The Morgan fingerprint density at radius 1 is 1.33 bits per heavy atom. The third-order valence-corrected chi connectivity index (χ3v) is 4.29. The highest BCUT2D eigenvalue weighted by Gasteiger charge is 2.15. The van der Waals surface area contributed by atoms with Gasteiger partial charge in [0.25, 0.3) is 0 Å². The second kappa shape index (κ2) is 7.79. The van der Waals surface area contributed by atoms with Crippen LogP contribution >= 0.6 is 11.6 Å². The van der Waals surface area contributed by atoms with Crippen LogP contribution in [0.2, 0.25) is 0 Å². The zero-order valence-corrected chi connectivity index (χ0v) is 14.2. The van der Waals surface area contributed by atoms with Crippen LogP contribution in [0.4, 0.5) is 0 Å². The lowest BCUT2D eigenvalue weighted by Gasteiger charge is -2.17. The van der Waals surface area contributed by atoms with Gasteiger partial charge in [0.15, 0.2) is 5.65 Å². The standard InChI is InChI=1S/C17H26ClN3/c1-4-6-7-14(5-2)12-21-16(8-9-18)20-15-10-13(3)11-19-17(15)21/h10-11,14H,4-9,12H2,1-3H3. The molecule has 21 heavy (non-hydrogen) atoms. The van der Waals surface area contributed by atoms with E-state index in [1.165, 1.54) is 25.7 Å². The predicted octanol–water partition coefficient (Wildman–Crippen LogP) is 4.74. The molecule has 0 fully saturated rings. The summed E-state index contributed by atoms with van der Waals surface area (Å²) in [4.78, 5) is 9.36. The van der Waals surface area contributed by atoms with Crippen molar-refractivity contribution in [3.63, 3.8) is 0 Å². The zero-order valence-electron chi connectivity index (χ0n) is 13.4. The van der Waals surface area contributed by atoms with Crippen molar-refractivity contribution in [2.24, 2.45) is 5.92 Å². The van der Waals surface area contributed by atoms with Crippen molar-refractivity contribution in [2.45, 2.75) is 59.4 Å². The van der Waals surface area contributed by atoms with Gasteiger partial charge in [0.1, 0.15) is 11.3 Å². The van der Waals surface area contributed by atoms with Crippen molar-refractivity contribution >= 4 is 22.8 Å². The quantitative estimate of drug-likeness (QED) is 0.660.